The van der Waals surface area contributed by atoms with Gasteiger partial charge in [0.15, 0.2) is 0 Å². The van der Waals surface area contributed by atoms with Crippen LogP contribution in [0.1, 0.15) is 200 Å². The zero-order valence-corrected chi connectivity index (χ0v) is 32.3. The second-order valence-corrected chi connectivity index (χ2v) is 14.2. The lowest BCUT2D eigenvalue weighted by Gasteiger charge is -2.21. The van der Waals surface area contributed by atoms with Crippen LogP contribution in [0.3, 0.4) is 0 Å². The van der Waals surface area contributed by atoms with Crippen LogP contribution in [-0.2, 0) is 4.79 Å². The van der Waals surface area contributed by atoms with Gasteiger partial charge in [-0.2, -0.15) is 0 Å². The van der Waals surface area contributed by atoms with Gasteiger partial charge in [0, 0.05) is 0 Å². The van der Waals surface area contributed by atoms with Crippen molar-refractivity contribution in [2.75, 3.05) is 6.61 Å². The highest BCUT2D eigenvalue weighted by Crippen LogP contribution is 2.14. The first-order valence-corrected chi connectivity index (χ1v) is 21.0. The van der Waals surface area contributed by atoms with Gasteiger partial charge in [0.2, 0.25) is 5.91 Å². The van der Waals surface area contributed by atoms with Crippen LogP contribution >= 0.6 is 0 Å². The first kappa shape index (κ1) is 47.3. The summed E-state index contributed by atoms with van der Waals surface area (Å²) >= 11 is 0. The molecular weight excluding hydrogens is 606 g/mol. The second-order valence-electron chi connectivity index (χ2n) is 14.2. The van der Waals surface area contributed by atoms with E-state index >= 15 is 0 Å². The molecule has 0 aliphatic carbocycles. The molecule has 0 spiro atoms. The van der Waals surface area contributed by atoms with Gasteiger partial charge in [-0.1, -0.05) is 178 Å². The third-order valence-electron chi connectivity index (χ3n) is 9.37. The summed E-state index contributed by atoms with van der Waals surface area (Å²) in [7, 11) is 0. The zero-order valence-electron chi connectivity index (χ0n) is 32.3. The van der Waals surface area contributed by atoms with Gasteiger partial charge in [-0.05, 0) is 70.6 Å². The van der Waals surface area contributed by atoms with Crippen molar-refractivity contribution in [3.63, 3.8) is 0 Å². The summed E-state index contributed by atoms with van der Waals surface area (Å²) in [6, 6.07) is -0.825. The monoisotopic (exact) mass is 688 g/mol. The third-order valence-corrected chi connectivity index (χ3v) is 9.37. The number of nitrogens with one attached hydrogen (secondary N) is 1. The van der Waals surface area contributed by atoms with E-state index in [9.17, 15) is 20.1 Å². The quantitative estimate of drug-likeness (QED) is 0.0386. The van der Waals surface area contributed by atoms with E-state index in [4.69, 9.17) is 0 Å². The van der Waals surface area contributed by atoms with E-state index in [0.717, 1.165) is 57.8 Å². The average molecular weight is 688 g/mol. The molecule has 0 aliphatic rings. The first-order chi connectivity index (χ1) is 24.1. The molecular formula is C44H81NO4. The number of carbonyl (C=O) groups is 1. The van der Waals surface area contributed by atoms with E-state index in [0.29, 0.717) is 6.42 Å². The molecule has 286 valence electrons. The van der Waals surface area contributed by atoms with Crippen LogP contribution in [0.4, 0.5) is 0 Å². The molecule has 0 fully saturated rings. The summed E-state index contributed by atoms with van der Waals surface area (Å²) in [4.78, 5) is 12.4. The van der Waals surface area contributed by atoms with E-state index < -0.39 is 24.2 Å². The van der Waals surface area contributed by atoms with Gasteiger partial charge in [-0.15, -0.1) is 0 Å². The Kier molecular flexibility index (Phi) is 37.8. The molecule has 1 amide bonds. The highest BCUT2D eigenvalue weighted by atomic mass is 16.3. The summed E-state index contributed by atoms with van der Waals surface area (Å²) in [6.07, 6.45) is 50.1. The van der Waals surface area contributed by atoms with E-state index in [1.807, 2.05) is 6.08 Å². The van der Waals surface area contributed by atoms with Crippen molar-refractivity contribution < 1.29 is 20.1 Å². The highest BCUT2D eigenvalue weighted by molar-refractivity contribution is 5.80. The van der Waals surface area contributed by atoms with Gasteiger partial charge in [0.25, 0.3) is 0 Å². The molecule has 0 rings (SSSR count). The molecule has 4 N–H and O–H groups in total. The van der Waals surface area contributed by atoms with E-state index in [-0.39, 0.29) is 6.61 Å². The van der Waals surface area contributed by atoms with Crippen molar-refractivity contribution in [2.24, 2.45) is 0 Å². The number of carbonyl (C=O) groups excluding carboxylic acids is 1. The summed E-state index contributed by atoms with van der Waals surface area (Å²) < 4.78 is 0. The number of allylic oxidation sites excluding steroid dienone is 7. The fraction of sp³-hybridized carbons (Fsp3) is 0.795. The van der Waals surface area contributed by atoms with E-state index in [1.54, 1.807) is 6.08 Å². The Labute approximate surface area is 304 Å². The van der Waals surface area contributed by atoms with Crippen LogP contribution in [0.2, 0.25) is 0 Å². The maximum atomic E-state index is 12.4. The van der Waals surface area contributed by atoms with E-state index in [1.165, 1.54) is 122 Å². The predicted octanol–water partition coefficient (Wildman–Crippen LogP) is 11.8. The normalized spacial score (nSPS) is 14.1. The molecule has 5 heteroatoms. The van der Waals surface area contributed by atoms with Crippen LogP contribution in [-0.4, -0.2) is 46.1 Å². The van der Waals surface area contributed by atoms with Crippen molar-refractivity contribution in [3.8, 4) is 0 Å². The van der Waals surface area contributed by atoms with E-state index in [2.05, 4.69) is 55.6 Å². The van der Waals surface area contributed by atoms with Crippen molar-refractivity contribution >= 4 is 5.91 Å². The van der Waals surface area contributed by atoms with Crippen molar-refractivity contribution in [1.82, 2.24) is 5.32 Å². The number of aliphatic hydroxyl groups is 3. The lowest BCUT2D eigenvalue weighted by atomic mass is 10.0. The third kappa shape index (κ3) is 34.5. The standard InChI is InChI=1S/C44H81NO4/c1-3-5-7-9-11-13-15-16-17-18-19-20-21-22-23-24-25-26-27-29-30-32-34-36-38-42(47)41(40-46)45-44(49)43(48)39-37-35-33-31-28-14-12-10-8-6-4-2/h12,14,24-25,29-30,36,38,41-43,46-48H,3-11,13,15-23,26-28,31-35,37,39-40H2,1-2H3,(H,45,49)/b14-12-,25-24+,30-29+,38-36+. The molecule has 0 saturated carbocycles. The van der Waals surface area contributed by atoms with Gasteiger partial charge >= 0.3 is 0 Å². The minimum atomic E-state index is -1.12. The Morgan fingerprint density at radius 1 is 0.490 bits per heavy atom. The van der Waals surface area contributed by atoms with Crippen LogP contribution in [0.25, 0.3) is 0 Å². The van der Waals surface area contributed by atoms with Crippen molar-refractivity contribution in [1.29, 1.82) is 0 Å². The minimum Gasteiger partial charge on any atom is -0.394 e. The molecule has 3 atom stereocenters. The highest BCUT2D eigenvalue weighted by Gasteiger charge is 2.22. The Balaban J connectivity index is 3.75. The SMILES string of the molecule is CCCCC/C=C\CCCCCCC(O)C(=O)NC(CO)C(O)/C=C/CC/C=C/CC/C=C/CCCCCCCCCCCCCCCC. The lowest BCUT2D eigenvalue weighted by molar-refractivity contribution is -0.131. The minimum absolute atomic E-state index is 0.386. The average Bonchev–Trinajstić information content (AvgIpc) is 3.11. The number of hydrogen-bond acceptors (Lipinski definition) is 4. The van der Waals surface area contributed by atoms with Gasteiger partial charge in [-0.25, -0.2) is 0 Å². The summed E-state index contributed by atoms with van der Waals surface area (Å²) in [5, 5.41) is 32.9. The van der Waals surface area contributed by atoms with Gasteiger partial charge in [0.05, 0.1) is 18.8 Å². The summed E-state index contributed by atoms with van der Waals surface area (Å²) in [5.41, 5.74) is 0. The molecule has 0 aromatic rings. The molecule has 3 unspecified atom stereocenters. The lowest BCUT2D eigenvalue weighted by Crippen LogP contribution is -2.48. The Hall–Kier alpha value is -1.69. The number of amides is 1. The Morgan fingerprint density at radius 2 is 0.837 bits per heavy atom. The number of aliphatic hydroxyl groups excluding tert-OH is 3. The zero-order chi connectivity index (χ0) is 35.9. The van der Waals surface area contributed by atoms with Gasteiger partial charge in [0.1, 0.15) is 6.10 Å². The molecule has 0 heterocycles. The number of hydrogen-bond donors (Lipinski definition) is 4. The van der Waals surface area contributed by atoms with Crippen molar-refractivity contribution in [3.05, 3.63) is 48.6 Å². The predicted molar refractivity (Wildman–Crippen MR) is 213 cm³/mol. The fourth-order valence-electron chi connectivity index (χ4n) is 6.03. The topological polar surface area (TPSA) is 89.8 Å². The fourth-order valence-corrected chi connectivity index (χ4v) is 6.03. The summed E-state index contributed by atoms with van der Waals surface area (Å²) in [5.74, 6) is -0.530. The molecule has 49 heavy (non-hydrogen) atoms. The molecule has 0 bridgehead atoms. The Morgan fingerprint density at radius 3 is 1.29 bits per heavy atom. The Bertz CT molecular complexity index is 805. The van der Waals surface area contributed by atoms with Gasteiger partial charge < -0.3 is 20.6 Å². The first-order valence-electron chi connectivity index (χ1n) is 21.0. The molecule has 0 aromatic carbocycles. The van der Waals surface area contributed by atoms with Crippen molar-refractivity contribution in [2.45, 2.75) is 218 Å². The summed E-state index contributed by atoms with van der Waals surface area (Å²) in [6.45, 7) is 4.12. The van der Waals surface area contributed by atoms with Crippen LogP contribution in [0, 0.1) is 0 Å². The second kappa shape index (κ2) is 39.1. The smallest absolute Gasteiger partial charge is 0.249 e. The molecule has 0 aliphatic heterocycles. The number of rotatable bonds is 37. The maximum Gasteiger partial charge on any atom is 0.249 e. The van der Waals surface area contributed by atoms with Crippen LogP contribution < -0.4 is 5.32 Å². The largest absolute Gasteiger partial charge is 0.394 e. The van der Waals surface area contributed by atoms with Crippen LogP contribution in [0.5, 0.6) is 0 Å². The number of unbranched alkanes of at least 4 members (excludes halogenated alkanes) is 23. The molecule has 0 radical (unpaired) electrons. The molecule has 0 aromatic heterocycles. The van der Waals surface area contributed by atoms with Crippen LogP contribution in [0.15, 0.2) is 48.6 Å². The van der Waals surface area contributed by atoms with Gasteiger partial charge in [-0.3, -0.25) is 4.79 Å². The molecule has 5 nitrogen and oxygen atoms in total. The maximum absolute atomic E-state index is 12.4. The molecule has 0 saturated heterocycles.